The van der Waals surface area contributed by atoms with Crippen LogP contribution in [-0.4, -0.2) is 27.8 Å². The SMILES string of the molecule is COc1cccc(-c2csc(NC(=O)c3nn(C)c4ccc(F)cc4c3=O)n2)c1. The van der Waals surface area contributed by atoms with E-state index in [0.29, 0.717) is 22.1 Å². The van der Waals surface area contributed by atoms with Gasteiger partial charge in [-0.05, 0) is 30.3 Å². The third-order valence-corrected chi connectivity index (χ3v) is 5.08. The topological polar surface area (TPSA) is 86.1 Å². The molecule has 0 saturated heterocycles. The van der Waals surface area contributed by atoms with Crippen molar-refractivity contribution in [3.05, 3.63) is 69.6 Å². The lowest BCUT2D eigenvalue weighted by atomic mass is 10.2. The van der Waals surface area contributed by atoms with Gasteiger partial charge in [0.15, 0.2) is 10.8 Å². The molecular weight excluding hydrogens is 395 g/mol. The summed E-state index contributed by atoms with van der Waals surface area (Å²) in [6.07, 6.45) is 0. The first-order valence-corrected chi connectivity index (χ1v) is 9.42. The zero-order valence-corrected chi connectivity index (χ0v) is 16.3. The smallest absolute Gasteiger partial charge is 0.281 e. The molecule has 0 aliphatic rings. The van der Waals surface area contributed by atoms with Gasteiger partial charge in [0.05, 0.1) is 23.7 Å². The number of nitrogens with zero attached hydrogens (tertiary/aromatic N) is 3. The van der Waals surface area contributed by atoms with Crippen LogP contribution in [0.3, 0.4) is 0 Å². The maximum absolute atomic E-state index is 13.6. The maximum atomic E-state index is 13.6. The van der Waals surface area contributed by atoms with Crippen molar-refractivity contribution in [2.24, 2.45) is 7.05 Å². The van der Waals surface area contributed by atoms with Gasteiger partial charge in [-0.25, -0.2) is 9.37 Å². The van der Waals surface area contributed by atoms with E-state index in [1.807, 2.05) is 24.3 Å². The summed E-state index contributed by atoms with van der Waals surface area (Å²) in [4.78, 5) is 29.6. The van der Waals surface area contributed by atoms with Gasteiger partial charge >= 0.3 is 0 Å². The number of hydrogen-bond acceptors (Lipinski definition) is 6. The van der Waals surface area contributed by atoms with Crippen molar-refractivity contribution in [1.29, 1.82) is 0 Å². The molecule has 0 spiro atoms. The molecule has 7 nitrogen and oxygen atoms in total. The van der Waals surface area contributed by atoms with Crippen molar-refractivity contribution >= 4 is 33.3 Å². The highest BCUT2D eigenvalue weighted by Crippen LogP contribution is 2.27. The number of aryl methyl sites for hydroxylation is 1. The van der Waals surface area contributed by atoms with Crippen molar-refractivity contribution in [2.45, 2.75) is 0 Å². The Labute approximate surface area is 168 Å². The van der Waals surface area contributed by atoms with Crippen molar-refractivity contribution in [2.75, 3.05) is 12.4 Å². The molecule has 0 aliphatic heterocycles. The van der Waals surface area contributed by atoms with Crippen molar-refractivity contribution in [3.63, 3.8) is 0 Å². The van der Waals surface area contributed by atoms with Crippen LogP contribution in [-0.2, 0) is 7.05 Å². The van der Waals surface area contributed by atoms with Crippen molar-refractivity contribution in [3.8, 4) is 17.0 Å². The average molecular weight is 410 g/mol. The molecule has 0 fully saturated rings. The third-order valence-electron chi connectivity index (χ3n) is 4.32. The number of halogens is 1. The highest BCUT2D eigenvalue weighted by Gasteiger charge is 2.18. The normalized spacial score (nSPS) is 10.9. The predicted octanol–water partition coefficient (Wildman–Crippen LogP) is 3.46. The van der Waals surface area contributed by atoms with Gasteiger partial charge in [-0.1, -0.05) is 12.1 Å². The van der Waals surface area contributed by atoms with Gasteiger partial charge in [-0.3, -0.25) is 19.6 Å². The highest BCUT2D eigenvalue weighted by atomic mass is 32.1. The first-order chi connectivity index (χ1) is 14.0. The molecule has 0 unspecified atom stereocenters. The van der Waals surface area contributed by atoms with Crippen LogP contribution in [0, 0.1) is 5.82 Å². The Balaban J connectivity index is 1.64. The summed E-state index contributed by atoms with van der Waals surface area (Å²) in [6.45, 7) is 0. The zero-order valence-electron chi connectivity index (χ0n) is 15.5. The van der Waals surface area contributed by atoms with E-state index in [4.69, 9.17) is 4.74 Å². The maximum Gasteiger partial charge on any atom is 0.281 e. The fourth-order valence-electron chi connectivity index (χ4n) is 2.90. The molecule has 0 saturated carbocycles. The number of carbonyl (C=O) groups excluding carboxylic acids is 1. The van der Waals surface area contributed by atoms with Gasteiger partial charge in [-0.2, -0.15) is 5.10 Å². The van der Waals surface area contributed by atoms with Crippen molar-refractivity contribution < 1.29 is 13.9 Å². The minimum atomic E-state index is -0.705. The van der Waals surface area contributed by atoms with E-state index in [0.717, 1.165) is 11.6 Å². The number of carbonyl (C=O) groups is 1. The lowest BCUT2D eigenvalue weighted by Gasteiger charge is -2.07. The number of fused-ring (bicyclic) bond motifs is 1. The molecule has 2 aromatic heterocycles. The number of nitrogens with one attached hydrogen (secondary N) is 1. The molecule has 4 rings (SSSR count). The summed E-state index contributed by atoms with van der Waals surface area (Å²) in [5.74, 6) is -0.574. The molecule has 4 aromatic rings. The van der Waals surface area contributed by atoms with Gasteiger partial charge in [0.2, 0.25) is 5.43 Å². The largest absolute Gasteiger partial charge is 0.497 e. The number of thiazole rings is 1. The summed E-state index contributed by atoms with van der Waals surface area (Å²) in [6, 6.07) is 11.1. The molecule has 0 atom stereocenters. The van der Waals surface area contributed by atoms with Crippen molar-refractivity contribution in [1.82, 2.24) is 14.8 Å². The number of methoxy groups -OCH3 is 1. The summed E-state index contributed by atoms with van der Waals surface area (Å²) in [5.41, 5.74) is 0.952. The molecule has 9 heteroatoms. The van der Waals surface area contributed by atoms with Crippen LogP contribution in [0.1, 0.15) is 10.5 Å². The number of anilines is 1. The molecule has 146 valence electrons. The van der Waals surface area contributed by atoms with Gasteiger partial charge in [0.1, 0.15) is 11.6 Å². The quantitative estimate of drug-likeness (QED) is 0.557. The highest BCUT2D eigenvalue weighted by molar-refractivity contribution is 7.14. The summed E-state index contributed by atoms with van der Waals surface area (Å²) < 4.78 is 20.1. The lowest BCUT2D eigenvalue weighted by molar-refractivity contribution is 0.101. The Bertz CT molecular complexity index is 1300. The number of rotatable bonds is 4. The van der Waals surface area contributed by atoms with Gasteiger partial charge in [0, 0.05) is 18.0 Å². The standard InChI is InChI=1S/C20H15FN4O3S/c1-25-16-7-6-12(21)9-14(16)18(26)17(24-25)19(27)23-20-22-15(10-29-20)11-4-3-5-13(8-11)28-2/h3-10H,1-2H3,(H,22,23,27). The first-order valence-electron chi connectivity index (χ1n) is 8.54. The fourth-order valence-corrected chi connectivity index (χ4v) is 3.61. The monoisotopic (exact) mass is 410 g/mol. The third kappa shape index (κ3) is 3.59. The van der Waals surface area contributed by atoms with Crippen LogP contribution in [0.4, 0.5) is 9.52 Å². The molecular formula is C20H15FN4O3S. The van der Waals surface area contributed by atoms with E-state index in [1.54, 1.807) is 19.5 Å². The minimum absolute atomic E-state index is 0.0869. The second-order valence-electron chi connectivity index (χ2n) is 6.19. The second-order valence-corrected chi connectivity index (χ2v) is 7.04. The molecule has 2 heterocycles. The lowest BCUT2D eigenvalue weighted by Crippen LogP contribution is -2.26. The molecule has 29 heavy (non-hydrogen) atoms. The van der Waals surface area contributed by atoms with E-state index in [2.05, 4.69) is 15.4 Å². The predicted molar refractivity (Wildman–Crippen MR) is 109 cm³/mol. The second kappa shape index (κ2) is 7.44. The number of benzene rings is 2. The van der Waals surface area contributed by atoms with Crippen LogP contribution in [0.25, 0.3) is 22.2 Å². The molecule has 2 aromatic carbocycles. The van der Waals surface area contributed by atoms with Gasteiger partial charge in [-0.15, -0.1) is 11.3 Å². The summed E-state index contributed by atoms with van der Waals surface area (Å²) in [7, 11) is 3.16. The summed E-state index contributed by atoms with van der Waals surface area (Å²) in [5, 5.41) is 8.82. The molecule has 0 bridgehead atoms. The van der Waals surface area contributed by atoms with Crippen LogP contribution in [0.15, 0.2) is 52.6 Å². The first kappa shape index (κ1) is 18.8. The Morgan fingerprint density at radius 3 is 2.86 bits per heavy atom. The number of amides is 1. The van der Waals surface area contributed by atoms with E-state index < -0.39 is 17.2 Å². The van der Waals surface area contributed by atoms with Gasteiger partial charge < -0.3 is 4.74 Å². The zero-order chi connectivity index (χ0) is 20.5. The van der Waals surface area contributed by atoms with E-state index in [1.165, 1.54) is 28.2 Å². The Kier molecular flexibility index (Phi) is 4.81. The Morgan fingerprint density at radius 2 is 2.07 bits per heavy atom. The Hall–Kier alpha value is -3.59. The summed E-state index contributed by atoms with van der Waals surface area (Å²) >= 11 is 1.22. The van der Waals surface area contributed by atoms with Gasteiger partial charge in [0.25, 0.3) is 5.91 Å². The molecule has 0 radical (unpaired) electrons. The van der Waals surface area contributed by atoms with Crippen LogP contribution in [0.5, 0.6) is 5.75 Å². The minimum Gasteiger partial charge on any atom is -0.497 e. The van der Waals surface area contributed by atoms with Crippen LogP contribution >= 0.6 is 11.3 Å². The molecule has 1 N–H and O–H groups in total. The van der Waals surface area contributed by atoms with E-state index in [-0.39, 0.29) is 11.1 Å². The van der Waals surface area contributed by atoms with Crippen LogP contribution < -0.4 is 15.5 Å². The van der Waals surface area contributed by atoms with E-state index >= 15 is 0 Å². The van der Waals surface area contributed by atoms with E-state index in [9.17, 15) is 14.0 Å². The fraction of sp³-hybridized carbons (Fsp3) is 0.100. The average Bonchev–Trinajstić information content (AvgIpc) is 3.19. The Morgan fingerprint density at radius 1 is 1.24 bits per heavy atom. The van der Waals surface area contributed by atoms with Crippen LogP contribution in [0.2, 0.25) is 0 Å². The molecule has 0 aliphatic carbocycles. The number of aromatic nitrogens is 3. The number of ether oxygens (including phenoxy) is 1. The number of hydrogen-bond donors (Lipinski definition) is 1. The molecule has 1 amide bonds.